The van der Waals surface area contributed by atoms with E-state index in [1.807, 2.05) is 25.1 Å². The number of fused-ring (bicyclic) bond motifs is 1. The molecule has 0 atom stereocenters. The van der Waals surface area contributed by atoms with Crippen molar-refractivity contribution in [3.8, 4) is 11.3 Å². The molecule has 0 spiro atoms. The van der Waals surface area contributed by atoms with Crippen LogP contribution in [-0.2, 0) is 0 Å². The molecule has 0 radical (unpaired) electrons. The van der Waals surface area contributed by atoms with E-state index in [-0.39, 0.29) is 5.82 Å². The molecular formula is C20H21ClFN3. The number of nitrogens with zero attached hydrogens (tertiary/aromatic N) is 2. The maximum absolute atomic E-state index is 14.6. The van der Waals surface area contributed by atoms with Crippen LogP contribution in [0.3, 0.4) is 0 Å². The number of benzene rings is 1. The Morgan fingerprint density at radius 1 is 1.12 bits per heavy atom. The highest BCUT2D eigenvalue weighted by atomic mass is 35.5. The van der Waals surface area contributed by atoms with Crippen molar-refractivity contribution in [2.45, 2.75) is 45.1 Å². The van der Waals surface area contributed by atoms with Gasteiger partial charge >= 0.3 is 0 Å². The average Bonchev–Trinajstić information content (AvgIpc) is 2.95. The lowest BCUT2D eigenvalue weighted by Gasteiger charge is -2.24. The van der Waals surface area contributed by atoms with Crippen LogP contribution in [0.1, 0.15) is 37.8 Å². The van der Waals surface area contributed by atoms with Gasteiger partial charge in [-0.3, -0.25) is 4.40 Å². The molecule has 0 aliphatic heterocycles. The number of rotatable bonds is 3. The summed E-state index contributed by atoms with van der Waals surface area (Å²) >= 11 is 6.33. The zero-order chi connectivity index (χ0) is 17.4. The van der Waals surface area contributed by atoms with Gasteiger partial charge < -0.3 is 5.32 Å². The van der Waals surface area contributed by atoms with Crippen molar-refractivity contribution in [2.75, 3.05) is 5.32 Å². The Labute approximate surface area is 151 Å². The van der Waals surface area contributed by atoms with E-state index in [0.29, 0.717) is 22.3 Å². The molecule has 1 aliphatic carbocycles. The quantitative estimate of drug-likeness (QED) is 0.637. The van der Waals surface area contributed by atoms with E-state index in [2.05, 4.69) is 9.72 Å². The SMILES string of the molecule is Cc1cccc2nc(-c3c(F)cccc3Cl)c(NC3CCCCC3)n12. The molecule has 2 heterocycles. The first kappa shape index (κ1) is 16.4. The van der Waals surface area contributed by atoms with Gasteiger partial charge in [0.15, 0.2) is 0 Å². The largest absolute Gasteiger partial charge is 0.367 e. The summed E-state index contributed by atoms with van der Waals surface area (Å²) in [4.78, 5) is 4.71. The smallest absolute Gasteiger partial charge is 0.139 e. The average molecular weight is 358 g/mol. The summed E-state index contributed by atoms with van der Waals surface area (Å²) in [5, 5.41) is 4.02. The Kier molecular flexibility index (Phi) is 4.38. The molecule has 1 saturated carbocycles. The molecule has 3 aromatic rings. The summed E-state index contributed by atoms with van der Waals surface area (Å²) in [6.45, 7) is 2.04. The summed E-state index contributed by atoms with van der Waals surface area (Å²) in [7, 11) is 0. The van der Waals surface area contributed by atoms with Crippen LogP contribution in [0, 0.1) is 12.7 Å². The zero-order valence-corrected chi connectivity index (χ0v) is 15.0. The van der Waals surface area contributed by atoms with Gasteiger partial charge in [0, 0.05) is 11.7 Å². The van der Waals surface area contributed by atoms with Crippen LogP contribution >= 0.6 is 11.6 Å². The van der Waals surface area contributed by atoms with Crippen molar-refractivity contribution in [1.82, 2.24) is 9.38 Å². The van der Waals surface area contributed by atoms with Crippen molar-refractivity contribution >= 4 is 23.1 Å². The van der Waals surface area contributed by atoms with E-state index < -0.39 is 0 Å². The molecule has 1 N–H and O–H groups in total. The van der Waals surface area contributed by atoms with Crippen molar-refractivity contribution in [2.24, 2.45) is 0 Å². The fraction of sp³-hybridized carbons (Fsp3) is 0.350. The molecule has 1 fully saturated rings. The minimum atomic E-state index is -0.347. The van der Waals surface area contributed by atoms with Crippen molar-refractivity contribution in [1.29, 1.82) is 0 Å². The monoisotopic (exact) mass is 357 g/mol. The molecule has 4 rings (SSSR count). The van der Waals surface area contributed by atoms with Crippen LogP contribution in [-0.4, -0.2) is 15.4 Å². The summed E-state index contributed by atoms with van der Waals surface area (Å²) in [5.74, 6) is 0.493. The van der Waals surface area contributed by atoms with E-state index in [9.17, 15) is 4.39 Å². The van der Waals surface area contributed by atoms with Crippen LogP contribution in [0.15, 0.2) is 36.4 Å². The second-order valence-electron chi connectivity index (χ2n) is 6.75. The minimum absolute atomic E-state index is 0.347. The predicted molar refractivity (Wildman–Crippen MR) is 101 cm³/mol. The van der Waals surface area contributed by atoms with Gasteiger partial charge in [-0.25, -0.2) is 9.37 Å². The molecule has 5 heteroatoms. The normalized spacial score (nSPS) is 15.6. The van der Waals surface area contributed by atoms with Crippen molar-refractivity contribution < 1.29 is 4.39 Å². The van der Waals surface area contributed by atoms with E-state index in [0.717, 1.165) is 30.0 Å². The Balaban J connectivity index is 1.91. The van der Waals surface area contributed by atoms with Crippen LogP contribution in [0.25, 0.3) is 16.9 Å². The lowest BCUT2D eigenvalue weighted by atomic mass is 9.95. The molecule has 130 valence electrons. The molecule has 0 unspecified atom stereocenters. The number of halogens is 2. The van der Waals surface area contributed by atoms with E-state index in [1.165, 1.54) is 25.3 Å². The fourth-order valence-corrected chi connectivity index (χ4v) is 3.98. The topological polar surface area (TPSA) is 29.3 Å². The van der Waals surface area contributed by atoms with Crippen molar-refractivity contribution in [3.63, 3.8) is 0 Å². The molecule has 2 aromatic heterocycles. The zero-order valence-electron chi connectivity index (χ0n) is 14.2. The van der Waals surface area contributed by atoms with Gasteiger partial charge in [0.2, 0.25) is 0 Å². The second-order valence-corrected chi connectivity index (χ2v) is 7.15. The number of hydrogen-bond donors (Lipinski definition) is 1. The highest BCUT2D eigenvalue weighted by molar-refractivity contribution is 6.33. The van der Waals surface area contributed by atoms with Crippen molar-refractivity contribution in [3.05, 3.63) is 52.9 Å². The third-order valence-electron chi connectivity index (χ3n) is 4.98. The molecular weight excluding hydrogens is 337 g/mol. The van der Waals surface area contributed by atoms with Crippen LogP contribution < -0.4 is 5.32 Å². The molecule has 0 amide bonds. The number of pyridine rings is 1. The van der Waals surface area contributed by atoms with Gasteiger partial charge in [-0.05, 0) is 44.0 Å². The first-order chi connectivity index (χ1) is 12.1. The predicted octanol–water partition coefficient (Wildman–Crippen LogP) is 5.85. The Hall–Kier alpha value is -2.07. The number of imidazole rings is 1. The Morgan fingerprint density at radius 3 is 2.64 bits per heavy atom. The third kappa shape index (κ3) is 2.99. The number of hydrogen-bond acceptors (Lipinski definition) is 2. The minimum Gasteiger partial charge on any atom is -0.367 e. The summed E-state index contributed by atoms with van der Waals surface area (Å²) in [5.41, 5.74) is 2.81. The summed E-state index contributed by atoms with van der Waals surface area (Å²) in [6.07, 6.45) is 6.00. The Morgan fingerprint density at radius 2 is 1.88 bits per heavy atom. The first-order valence-corrected chi connectivity index (χ1v) is 9.22. The van der Waals surface area contributed by atoms with Crippen LogP contribution in [0.5, 0.6) is 0 Å². The van der Waals surface area contributed by atoms with Gasteiger partial charge in [0.1, 0.15) is 23.0 Å². The van der Waals surface area contributed by atoms with Crippen LogP contribution in [0.4, 0.5) is 10.2 Å². The van der Waals surface area contributed by atoms with E-state index in [4.69, 9.17) is 16.6 Å². The third-order valence-corrected chi connectivity index (χ3v) is 5.30. The molecule has 0 bridgehead atoms. The number of nitrogens with one attached hydrogen (secondary N) is 1. The molecule has 3 nitrogen and oxygen atoms in total. The Bertz CT molecular complexity index is 892. The van der Waals surface area contributed by atoms with Gasteiger partial charge in [-0.15, -0.1) is 0 Å². The molecule has 0 saturated heterocycles. The highest BCUT2D eigenvalue weighted by Gasteiger charge is 2.23. The van der Waals surface area contributed by atoms with Gasteiger partial charge in [-0.2, -0.15) is 0 Å². The second kappa shape index (κ2) is 6.68. The van der Waals surface area contributed by atoms with E-state index >= 15 is 0 Å². The number of anilines is 1. The molecule has 25 heavy (non-hydrogen) atoms. The molecule has 1 aromatic carbocycles. The maximum Gasteiger partial charge on any atom is 0.139 e. The lowest BCUT2D eigenvalue weighted by molar-refractivity contribution is 0.461. The standard InChI is InChI=1S/C20H21ClFN3/c1-13-7-5-12-17-24-19(18-15(21)10-6-11-16(18)22)20(25(13)17)23-14-8-3-2-4-9-14/h5-7,10-12,14,23H,2-4,8-9H2,1H3. The molecule has 1 aliphatic rings. The summed E-state index contributed by atoms with van der Waals surface area (Å²) < 4.78 is 16.6. The number of aromatic nitrogens is 2. The highest BCUT2D eigenvalue weighted by Crippen LogP contribution is 2.37. The van der Waals surface area contributed by atoms with Crippen LogP contribution in [0.2, 0.25) is 5.02 Å². The van der Waals surface area contributed by atoms with Gasteiger partial charge in [0.25, 0.3) is 0 Å². The van der Waals surface area contributed by atoms with Gasteiger partial charge in [-0.1, -0.05) is 43.0 Å². The van der Waals surface area contributed by atoms with Gasteiger partial charge in [0.05, 0.1) is 10.6 Å². The fourth-order valence-electron chi connectivity index (χ4n) is 3.73. The first-order valence-electron chi connectivity index (χ1n) is 8.84. The van der Waals surface area contributed by atoms with E-state index in [1.54, 1.807) is 12.1 Å². The maximum atomic E-state index is 14.6. The number of aryl methyl sites for hydroxylation is 1. The lowest BCUT2D eigenvalue weighted by Crippen LogP contribution is -2.23. The summed E-state index contributed by atoms with van der Waals surface area (Å²) in [6, 6.07) is 11.1.